The van der Waals surface area contributed by atoms with Gasteiger partial charge in [-0.15, -0.1) is 0 Å². The molecule has 0 unspecified atom stereocenters. The molecule has 1 aliphatic heterocycles. The fourth-order valence-corrected chi connectivity index (χ4v) is 4.51. The lowest BCUT2D eigenvalue weighted by Crippen LogP contribution is -2.50. The first-order valence-electron chi connectivity index (χ1n) is 11.9. The molecule has 1 saturated heterocycles. The Bertz CT molecular complexity index is 1460. The number of aryl methyl sites for hydroxylation is 1. The topological polar surface area (TPSA) is 95.0 Å². The van der Waals surface area contributed by atoms with Gasteiger partial charge in [0.05, 0.1) is 22.5 Å². The third-order valence-corrected chi connectivity index (χ3v) is 6.10. The number of hydrogen-bond acceptors (Lipinski definition) is 5. The van der Waals surface area contributed by atoms with Gasteiger partial charge in [-0.2, -0.15) is 0 Å². The summed E-state index contributed by atoms with van der Waals surface area (Å²) in [6.07, 6.45) is 4.83. The normalized spacial score (nSPS) is 14.5. The number of imidazole rings is 1. The van der Waals surface area contributed by atoms with E-state index >= 15 is 0 Å². The second kappa shape index (κ2) is 8.85. The van der Waals surface area contributed by atoms with Crippen LogP contribution in [0.15, 0.2) is 42.9 Å². The van der Waals surface area contributed by atoms with Crippen LogP contribution in [0.1, 0.15) is 36.8 Å². The number of fused-ring (bicyclic) bond motifs is 2. The van der Waals surface area contributed by atoms with E-state index in [4.69, 9.17) is 4.74 Å². The zero-order valence-electron chi connectivity index (χ0n) is 20.8. The van der Waals surface area contributed by atoms with Crippen molar-refractivity contribution in [3.8, 4) is 0 Å². The summed E-state index contributed by atoms with van der Waals surface area (Å²) in [6.45, 7) is 9.74. The molecule has 0 spiro atoms. The van der Waals surface area contributed by atoms with Crippen LogP contribution in [0.2, 0.25) is 0 Å². The molecule has 1 aromatic carbocycles. The second-order valence-electron chi connectivity index (χ2n) is 10.00. The van der Waals surface area contributed by atoms with Crippen LogP contribution in [0, 0.1) is 12.7 Å². The minimum Gasteiger partial charge on any atom is -0.444 e. The summed E-state index contributed by atoms with van der Waals surface area (Å²) < 4.78 is 21.5. The molecule has 0 aliphatic carbocycles. The maximum Gasteiger partial charge on any atom is 0.410 e. The lowest BCUT2D eigenvalue weighted by Gasteiger charge is -2.37. The number of rotatable bonds is 3. The van der Waals surface area contributed by atoms with E-state index in [2.05, 4.69) is 20.2 Å². The predicted octanol–water partition coefficient (Wildman–Crippen LogP) is 4.57. The first kappa shape index (κ1) is 23.7. The number of ether oxygens (including phenoxy) is 1. The van der Waals surface area contributed by atoms with E-state index in [9.17, 15) is 14.0 Å². The lowest BCUT2D eigenvalue weighted by atomic mass is 10.1. The van der Waals surface area contributed by atoms with Gasteiger partial charge < -0.3 is 29.2 Å². The lowest BCUT2D eigenvalue weighted by molar-refractivity contribution is 0.0240. The Morgan fingerprint density at radius 3 is 2.58 bits per heavy atom. The highest BCUT2D eigenvalue weighted by Gasteiger charge is 2.27. The van der Waals surface area contributed by atoms with Gasteiger partial charge in [-0.05, 0) is 45.9 Å². The quantitative estimate of drug-likeness (QED) is 0.437. The van der Waals surface area contributed by atoms with Gasteiger partial charge in [-0.3, -0.25) is 4.79 Å². The zero-order chi connectivity index (χ0) is 25.6. The van der Waals surface area contributed by atoms with Gasteiger partial charge in [0, 0.05) is 61.9 Å². The van der Waals surface area contributed by atoms with Gasteiger partial charge >= 0.3 is 6.09 Å². The molecular weight excluding hydrogens is 463 g/mol. The smallest absolute Gasteiger partial charge is 0.410 e. The number of pyridine rings is 1. The first-order chi connectivity index (χ1) is 17.1. The van der Waals surface area contributed by atoms with Gasteiger partial charge in [-0.1, -0.05) is 0 Å². The molecule has 4 heterocycles. The molecule has 1 fully saturated rings. The van der Waals surface area contributed by atoms with E-state index in [1.165, 1.54) is 6.07 Å². The average Bonchev–Trinajstić information content (AvgIpc) is 3.44. The fraction of sp³-hybridized carbons (Fsp3) is 0.346. The summed E-state index contributed by atoms with van der Waals surface area (Å²) in [5.41, 5.74) is 2.84. The minimum absolute atomic E-state index is 0.216. The van der Waals surface area contributed by atoms with Crippen LogP contribution in [0.25, 0.3) is 16.6 Å². The molecule has 1 aliphatic rings. The number of benzene rings is 1. The molecular formula is C26H29FN6O3. The monoisotopic (exact) mass is 492 g/mol. The molecule has 0 radical (unpaired) electrons. The van der Waals surface area contributed by atoms with Crippen LogP contribution in [0.4, 0.5) is 20.6 Å². The number of nitrogens with one attached hydrogen (secondary N) is 2. The molecule has 0 saturated carbocycles. The first-order valence-corrected chi connectivity index (χ1v) is 11.9. The molecule has 0 bridgehead atoms. The molecule has 3 aromatic heterocycles. The summed E-state index contributed by atoms with van der Waals surface area (Å²) in [4.78, 5) is 36.8. The number of aromatic nitrogens is 3. The van der Waals surface area contributed by atoms with Crippen LogP contribution in [-0.4, -0.2) is 63.0 Å². The van der Waals surface area contributed by atoms with Gasteiger partial charge in [0.15, 0.2) is 11.5 Å². The highest BCUT2D eigenvalue weighted by Crippen LogP contribution is 2.30. The van der Waals surface area contributed by atoms with E-state index in [0.717, 1.165) is 11.1 Å². The molecule has 188 valence electrons. The number of hydrogen-bond donors (Lipinski definition) is 2. The Morgan fingerprint density at radius 2 is 1.86 bits per heavy atom. The van der Waals surface area contributed by atoms with Crippen LogP contribution < -0.4 is 10.2 Å². The fourth-order valence-electron chi connectivity index (χ4n) is 4.51. The van der Waals surface area contributed by atoms with Crippen LogP contribution in [-0.2, 0) is 4.74 Å². The number of nitrogens with zero attached hydrogens (tertiary/aromatic N) is 4. The van der Waals surface area contributed by atoms with Crippen molar-refractivity contribution in [3.05, 3.63) is 59.9 Å². The predicted molar refractivity (Wildman–Crippen MR) is 136 cm³/mol. The van der Waals surface area contributed by atoms with Crippen molar-refractivity contribution in [1.82, 2.24) is 19.3 Å². The number of halogens is 1. The summed E-state index contributed by atoms with van der Waals surface area (Å²) in [5.74, 6) is -0.855. The third-order valence-electron chi connectivity index (χ3n) is 6.10. The Labute approximate surface area is 207 Å². The van der Waals surface area contributed by atoms with Gasteiger partial charge in [0.2, 0.25) is 0 Å². The third kappa shape index (κ3) is 4.58. The molecule has 9 nitrogen and oxygen atoms in total. The maximum absolute atomic E-state index is 14.5. The summed E-state index contributed by atoms with van der Waals surface area (Å²) in [6, 6.07) is 6.88. The highest BCUT2D eigenvalue weighted by molar-refractivity contribution is 6.14. The molecule has 2 N–H and O–H groups in total. The number of aromatic amines is 1. The van der Waals surface area contributed by atoms with E-state index in [-0.39, 0.29) is 17.6 Å². The molecule has 4 aromatic rings. The van der Waals surface area contributed by atoms with Crippen molar-refractivity contribution in [1.29, 1.82) is 0 Å². The number of piperazine rings is 1. The number of anilines is 2. The van der Waals surface area contributed by atoms with Crippen LogP contribution in [0.5, 0.6) is 0 Å². The van der Waals surface area contributed by atoms with Crippen molar-refractivity contribution >= 4 is 39.9 Å². The average molecular weight is 493 g/mol. The minimum atomic E-state index is -0.531. The van der Waals surface area contributed by atoms with Crippen molar-refractivity contribution in [3.63, 3.8) is 0 Å². The number of carbonyl (C=O) groups is 2. The zero-order valence-corrected chi connectivity index (χ0v) is 20.8. The summed E-state index contributed by atoms with van der Waals surface area (Å²) in [7, 11) is 0. The van der Waals surface area contributed by atoms with Gasteiger partial charge in [0.1, 0.15) is 5.60 Å². The Balaban J connectivity index is 1.34. The van der Waals surface area contributed by atoms with Crippen LogP contribution in [0.3, 0.4) is 0 Å². The van der Waals surface area contributed by atoms with Gasteiger partial charge in [-0.25, -0.2) is 14.2 Å². The van der Waals surface area contributed by atoms with Gasteiger partial charge in [0.25, 0.3) is 5.91 Å². The largest absolute Gasteiger partial charge is 0.444 e. The molecule has 0 atom stereocenters. The Morgan fingerprint density at radius 1 is 1.11 bits per heavy atom. The highest BCUT2D eigenvalue weighted by atomic mass is 19.1. The van der Waals surface area contributed by atoms with E-state index in [1.54, 1.807) is 40.9 Å². The van der Waals surface area contributed by atoms with Crippen molar-refractivity contribution in [2.45, 2.75) is 33.3 Å². The Hall–Kier alpha value is -4.08. The number of carbonyl (C=O) groups excluding carboxylic acids is 2. The van der Waals surface area contributed by atoms with E-state index in [0.29, 0.717) is 48.6 Å². The summed E-state index contributed by atoms with van der Waals surface area (Å²) in [5, 5.41) is 3.70. The van der Waals surface area contributed by atoms with Crippen molar-refractivity contribution in [2.24, 2.45) is 0 Å². The molecule has 36 heavy (non-hydrogen) atoms. The molecule has 5 rings (SSSR count). The van der Waals surface area contributed by atoms with E-state index < -0.39 is 11.4 Å². The SMILES string of the molecule is Cc1cn2cc(NC(=O)c3ccc(N4CCN(C(=O)OC(C)(C)C)CC4)c4cc[nH]c34)cc(F)c2n1. The number of amides is 2. The van der Waals surface area contributed by atoms with Crippen molar-refractivity contribution in [2.75, 3.05) is 36.4 Å². The molecule has 10 heteroatoms. The van der Waals surface area contributed by atoms with Crippen molar-refractivity contribution < 1.29 is 18.7 Å². The maximum atomic E-state index is 14.5. The van der Waals surface area contributed by atoms with Crippen LogP contribution >= 0.6 is 0 Å². The Kier molecular flexibility index (Phi) is 5.82. The second-order valence-corrected chi connectivity index (χ2v) is 10.00. The standard InChI is InChI=1S/C26H29FN6O3/c1-16-14-33-15-17(13-20(27)23(33)29-16)30-24(34)19-5-6-21(18-7-8-28-22(18)19)31-9-11-32(12-10-31)25(35)36-26(2,3)4/h5-8,13-15,28H,9-12H2,1-4H3,(H,30,34). The summed E-state index contributed by atoms with van der Waals surface area (Å²) >= 11 is 0. The number of H-pyrrole nitrogens is 1. The molecule has 2 amide bonds. The van der Waals surface area contributed by atoms with E-state index in [1.807, 2.05) is 32.9 Å².